The standard InChI is InChI=1S/C45H25N5/c46-26-29-20-21-44-39(22-29)37-15-4-8-19-43(37)49(44)40-16-5-1-12-34(40)30-10-9-11-31(23-30)38-24-33(28-48)45(25-32(38)27-47)50-41-17-6-2-13-35(41)36-14-3-7-18-42(36)50/h1-25H. The average molecular weight is 636 g/mol. The molecule has 0 aliphatic carbocycles. The Balaban J connectivity index is 1.23. The van der Waals surface area contributed by atoms with Crippen molar-refractivity contribution in [3.8, 4) is 51.8 Å². The van der Waals surface area contributed by atoms with Crippen LogP contribution in [0.25, 0.3) is 77.2 Å². The molecule has 2 aromatic heterocycles. The van der Waals surface area contributed by atoms with Gasteiger partial charge in [0.25, 0.3) is 0 Å². The summed E-state index contributed by atoms with van der Waals surface area (Å²) in [6, 6.07) is 57.7. The van der Waals surface area contributed by atoms with E-state index in [0.717, 1.165) is 66.0 Å². The predicted molar refractivity (Wildman–Crippen MR) is 200 cm³/mol. The fourth-order valence-electron chi connectivity index (χ4n) is 7.45. The summed E-state index contributed by atoms with van der Waals surface area (Å²) in [6.45, 7) is 0. The molecule has 0 atom stereocenters. The molecule has 0 saturated heterocycles. The van der Waals surface area contributed by atoms with Crippen molar-refractivity contribution in [2.24, 2.45) is 0 Å². The Morgan fingerprint density at radius 2 is 0.900 bits per heavy atom. The molecule has 0 saturated carbocycles. The lowest BCUT2D eigenvalue weighted by Crippen LogP contribution is -2.00. The maximum absolute atomic E-state index is 10.5. The van der Waals surface area contributed by atoms with E-state index in [0.29, 0.717) is 27.9 Å². The number of fused-ring (bicyclic) bond motifs is 6. The van der Waals surface area contributed by atoms with E-state index in [9.17, 15) is 15.8 Å². The van der Waals surface area contributed by atoms with Crippen LogP contribution in [0.2, 0.25) is 0 Å². The van der Waals surface area contributed by atoms with Gasteiger partial charge in [-0.05, 0) is 71.8 Å². The summed E-state index contributed by atoms with van der Waals surface area (Å²) in [5, 5.41) is 34.9. The maximum atomic E-state index is 10.5. The van der Waals surface area contributed by atoms with Crippen molar-refractivity contribution in [3.05, 3.63) is 168 Å². The molecule has 0 aliphatic rings. The van der Waals surface area contributed by atoms with Crippen molar-refractivity contribution in [3.63, 3.8) is 0 Å². The quantitative estimate of drug-likeness (QED) is 0.193. The fraction of sp³-hybridized carbons (Fsp3) is 0. The Bertz CT molecular complexity index is 2920. The van der Waals surface area contributed by atoms with Gasteiger partial charge in [-0.3, -0.25) is 0 Å². The average Bonchev–Trinajstić information content (AvgIpc) is 3.70. The van der Waals surface area contributed by atoms with Crippen molar-refractivity contribution < 1.29 is 0 Å². The van der Waals surface area contributed by atoms with Crippen LogP contribution in [0.15, 0.2) is 152 Å². The molecule has 0 amide bonds. The van der Waals surface area contributed by atoms with Gasteiger partial charge in [-0.15, -0.1) is 0 Å². The van der Waals surface area contributed by atoms with Crippen LogP contribution in [0, 0.1) is 34.0 Å². The first kappa shape index (κ1) is 28.8. The molecule has 5 heteroatoms. The third-order valence-electron chi connectivity index (χ3n) is 9.63. The summed E-state index contributed by atoms with van der Waals surface area (Å²) in [4.78, 5) is 0. The van der Waals surface area contributed by atoms with Crippen molar-refractivity contribution >= 4 is 43.6 Å². The minimum atomic E-state index is 0.485. The highest BCUT2D eigenvalue weighted by molar-refractivity contribution is 6.11. The first-order valence-electron chi connectivity index (χ1n) is 16.3. The second kappa shape index (κ2) is 11.4. The molecule has 0 fully saturated rings. The zero-order valence-corrected chi connectivity index (χ0v) is 26.7. The molecule has 0 unspecified atom stereocenters. The Hall–Kier alpha value is -7.39. The van der Waals surface area contributed by atoms with E-state index >= 15 is 0 Å². The van der Waals surface area contributed by atoms with Gasteiger partial charge in [0.1, 0.15) is 6.07 Å². The summed E-state index contributed by atoms with van der Waals surface area (Å²) in [6.07, 6.45) is 0. The third kappa shape index (κ3) is 4.31. The van der Waals surface area contributed by atoms with Crippen molar-refractivity contribution in [2.75, 3.05) is 0 Å². The number of aromatic nitrogens is 2. The van der Waals surface area contributed by atoms with Gasteiger partial charge in [0.2, 0.25) is 0 Å². The van der Waals surface area contributed by atoms with Crippen LogP contribution in [0.5, 0.6) is 0 Å². The van der Waals surface area contributed by atoms with Gasteiger partial charge in [-0.25, -0.2) is 0 Å². The second-order valence-electron chi connectivity index (χ2n) is 12.3. The van der Waals surface area contributed by atoms with E-state index in [-0.39, 0.29) is 0 Å². The minimum absolute atomic E-state index is 0.485. The second-order valence-corrected chi connectivity index (χ2v) is 12.3. The van der Waals surface area contributed by atoms with Crippen LogP contribution in [-0.2, 0) is 0 Å². The molecule has 5 nitrogen and oxygen atoms in total. The number of benzene rings is 7. The largest absolute Gasteiger partial charge is 0.309 e. The van der Waals surface area contributed by atoms with Crippen LogP contribution in [0.3, 0.4) is 0 Å². The normalized spacial score (nSPS) is 11.1. The lowest BCUT2D eigenvalue weighted by atomic mass is 9.93. The van der Waals surface area contributed by atoms with Gasteiger partial charge >= 0.3 is 0 Å². The molecule has 0 spiro atoms. The van der Waals surface area contributed by atoms with E-state index in [1.54, 1.807) is 0 Å². The molecule has 0 aliphatic heterocycles. The molecule has 0 bridgehead atoms. The summed E-state index contributed by atoms with van der Waals surface area (Å²) >= 11 is 0. The molecule has 7 aromatic carbocycles. The zero-order valence-electron chi connectivity index (χ0n) is 26.7. The number of nitriles is 3. The van der Waals surface area contributed by atoms with Gasteiger partial charge in [0, 0.05) is 32.7 Å². The van der Waals surface area contributed by atoms with E-state index in [2.05, 4.69) is 88.0 Å². The summed E-state index contributed by atoms with van der Waals surface area (Å²) in [5.41, 5.74) is 10.8. The monoisotopic (exact) mass is 635 g/mol. The van der Waals surface area contributed by atoms with Gasteiger partial charge < -0.3 is 9.13 Å². The topological polar surface area (TPSA) is 81.2 Å². The molecule has 9 aromatic rings. The SMILES string of the molecule is N#Cc1ccc2c(c1)c1ccccc1n2-c1ccccc1-c1cccc(-c2cc(C#N)c(-n3c4ccccc4c4ccccc43)cc2C#N)c1. The lowest BCUT2D eigenvalue weighted by molar-refractivity contribution is 1.16. The molecule has 0 radical (unpaired) electrons. The van der Waals surface area contributed by atoms with Gasteiger partial charge in [-0.2, -0.15) is 15.8 Å². The van der Waals surface area contributed by atoms with E-state index in [1.807, 2.05) is 91.0 Å². The predicted octanol–water partition coefficient (Wildman–Crippen LogP) is 10.8. The highest BCUT2D eigenvalue weighted by atomic mass is 15.0. The van der Waals surface area contributed by atoms with Crippen molar-refractivity contribution in [1.82, 2.24) is 9.13 Å². The van der Waals surface area contributed by atoms with E-state index < -0.39 is 0 Å². The number of hydrogen-bond donors (Lipinski definition) is 0. The lowest BCUT2D eigenvalue weighted by Gasteiger charge is -2.16. The Morgan fingerprint density at radius 1 is 0.360 bits per heavy atom. The third-order valence-corrected chi connectivity index (χ3v) is 9.63. The molecular formula is C45H25N5. The first-order valence-corrected chi connectivity index (χ1v) is 16.3. The van der Waals surface area contributed by atoms with Gasteiger partial charge in [-0.1, -0.05) is 91.0 Å². The minimum Gasteiger partial charge on any atom is -0.309 e. The summed E-state index contributed by atoms with van der Waals surface area (Å²) < 4.78 is 4.34. The Morgan fingerprint density at radius 3 is 1.54 bits per heavy atom. The Kier molecular flexibility index (Phi) is 6.56. The molecule has 9 rings (SSSR count). The number of nitrogens with zero attached hydrogens (tertiary/aromatic N) is 5. The first-order chi connectivity index (χ1) is 24.7. The number of para-hydroxylation sites is 4. The van der Waals surface area contributed by atoms with Crippen LogP contribution >= 0.6 is 0 Å². The van der Waals surface area contributed by atoms with Crippen molar-refractivity contribution in [1.29, 1.82) is 15.8 Å². The zero-order chi connectivity index (χ0) is 33.8. The summed E-state index contributed by atoms with van der Waals surface area (Å²) in [5.74, 6) is 0. The van der Waals surface area contributed by atoms with Gasteiger partial charge in [0.05, 0.1) is 62.3 Å². The summed E-state index contributed by atoms with van der Waals surface area (Å²) in [7, 11) is 0. The molecule has 230 valence electrons. The molecule has 0 N–H and O–H groups in total. The van der Waals surface area contributed by atoms with Crippen LogP contribution < -0.4 is 0 Å². The number of hydrogen-bond acceptors (Lipinski definition) is 3. The van der Waals surface area contributed by atoms with Crippen LogP contribution in [-0.4, -0.2) is 9.13 Å². The van der Waals surface area contributed by atoms with E-state index in [4.69, 9.17) is 0 Å². The Labute approximate surface area is 287 Å². The smallest absolute Gasteiger partial charge is 0.101 e. The highest BCUT2D eigenvalue weighted by Crippen LogP contribution is 2.39. The molecular weight excluding hydrogens is 611 g/mol. The number of rotatable bonds is 4. The van der Waals surface area contributed by atoms with E-state index in [1.165, 1.54) is 0 Å². The highest BCUT2D eigenvalue weighted by Gasteiger charge is 2.20. The van der Waals surface area contributed by atoms with Crippen LogP contribution in [0.4, 0.5) is 0 Å². The fourth-order valence-corrected chi connectivity index (χ4v) is 7.45. The van der Waals surface area contributed by atoms with Crippen molar-refractivity contribution in [2.45, 2.75) is 0 Å². The van der Waals surface area contributed by atoms with Gasteiger partial charge in [0.15, 0.2) is 0 Å². The molecule has 2 heterocycles. The molecule has 50 heavy (non-hydrogen) atoms. The maximum Gasteiger partial charge on any atom is 0.101 e. The van der Waals surface area contributed by atoms with Crippen LogP contribution in [0.1, 0.15) is 16.7 Å².